The number of hydrogen-bond donors (Lipinski definition) is 1. The average molecular weight is 300 g/mol. The molecular formula is C17H24N2OSi. The molecule has 1 aromatic heterocycles. The molecule has 0 spiro atoms. The largest absolute Gasteiger partial charge is 0.481 e. The summed E-state index contributed by atoms with van der Waals surface area (Å²) in [6.07, 6.45) is 1.78. The molecule has 112 valence electrons. The number of ether oxygens (including phenoxy) is 1. The lowest BCUT2D eigenvalue weighted by atomic mass is 10.2. The van der Waals surface area contributed by atoms with Crippen LogP contribution >= 0.6 is 0 Å². The zero-order valence-corrected chi connectivity index (χ0v) is 14.3. The lowest BCUT2D eigenvalue weighted by Gasteiger charge is -2.16. The first-order valence-electron chi connectivity index (χ1n) is 7.28. The fourth-order valence-corrected chi connectivity index (χ4v) is 3.31. The summed E-state index contributed by atoms with van der Waals surface area (Å²) in [6, 6.07) is 13.0. The number of nitrogens with zero attached hydrogens (tertiary/aromatic N) is 1. The van der Waals surface area contributed by atoms with Crippen LogP contribution < -0.4 is 15.2 Å². The predicted octanol–water partition coefficient (Wildman–Crippen LogP) is 2.93. The lowest BCUT2D eigenvalue weighted by molar-refractivity contribution is 0.397. The minimum absolute atomic E-state index is 0.661. The molecule has 21 heavy (non-hydrogen) atoms. The van der Waals surface area contributed by atoms with Crippen LogP contribution in [0.15, 0.2) is 42.6 Å². The van der Waals surface area contributed by atoms with Gasteiger partial charge in [-0.3, -0.25) is 0 Å². The Hall–Kier alpha value is -1.65. The van der Waals surface area contributed by atoms with Crippen molar-refractivity contribution in [2.45, 2.75) is 32.7 Å². The quantitative estimate of drug-likeness (QED) is 0.833. The summed E-state index contributed by atoms with van der Waals surface area (Å²) in [5.74, 6) is 0.661. The highest BCUT2D eigenvalue weighted by atomic mass is 28.3. The first-order chi connectivity index (χ1) is 9.99. The number of rotatable bonds is 6. The molecule has 0 fully saturated rings. The van der Waals surface area contributed by atoms with E-state index in [2.05, 4.69) is 54.2 Å². The van der Waals surface area contributed by atoms with E-state index in [9.17, 15) is 0 Å². The molecule has 4 heteroatoms. The Balaban J connectivity index is 1.88. The predicted molar refractivity (Wildman–Crippen MR) is 90.8 cm³/mol. The standard InChI is InChI=1S/C17H24N2OSi/c1-20-17-11-15(9-10-19-17)13-18-12-14-5-7-16(8-6-14)21(2,3)4/h5-11,18H,12-13H2,1-4H3. The molecule has 1 aromatic carbocycles. The third kappa shape index (κ3) is 4.69. The van der Waals surface area contributed by atoms with Crippen LogP contribution in [0.5, 0.6) is 5.88 Å². The highest BCUT2D eigenvalue weighted by molar-refractivity contribution is 6.88. The summed E-state index contributed by atoms with van der Waals surface area (Å²) < 4.78 is 5.13. The zero-order valence-electron chi connectivity index (χ0n) is 13.3. The van der Waals surface area contributed by atoms with Gasteiger partial charge in [0.2, 0.25) is 5.88 Å². The Labute approximate surface area is 128 Å². The SMILES string of the molecule is COc1cc(CNCc2ccc([Si](C)(C)C)cc2)ccn1. The summed E-state index contributed by atoms with van der Waals surface area (Å²) >= 11 is 0. The summed E-state index contributed by atoms with van der Waals surface area (Å²) in [6.45, 7) is 8.80. The fraction of sp³-hybridized carbons (Fsp3) is 0.353. The van der Waals surface area contributed by atoms with Gasteiger partial charge in [0.05, 0.1) is 15.2 Å². The van der Waals surface area contributed by atoms with Crippen LogP contribution in [0.25, 0.3) is 0 Å². The van der Waals surface area contributed by atoms with Gasteiger partial charge in [-0.25, -0.2) is 4.98 Å². The smallest absolute Gasteiger partial charge is 0.213 e. The van der Waals surface area contributed by atoms with E-state index < -0.39 is 8.07 Å². The molecule has 2 aromatic rings. The van der Waals surface area contributed by atoms with Crippen LogP contribution in [-0.4, -0.2) is 20.2 Å². The highest BCUT2D eigenvalue weighted by Crippen LogP contribution is 2.09. The van der Waals surface area contributed by atoms with Crippen molar-refractivity contribution in [3.8, 4) is 5.88 Å². The van der Waals surface area contributed by atoms with Crippen LogP contribution in [0.4, 0.5) is 0 Å². The minimum Gasteiger partial charge on any atom is -0.481 e. The van der Waals surface area contributed by atoms with E-state index in [0.717, 1.165) is 13.1 Å². The van der Waals surface area contributed by atoms with E-state index in [0.29, 0.717) is 5.88 Å². The Bertz CT molecular complexity index is 576. The monoisotopic (exact) mass is 300 g/mol. The van der Waals surface area contributed by atoms with Gasteiger partial charge in [0, 0.05) is 25.4 Å². The molecule has 0 atom stereocenters. The molecule has 0 unspecified atom stereocenters. The molecule has 0 amide bonds. The first kappa shape index (κ1) is 15.7. The second kappa shape index (κ2) is 6.87. The lowest BCUT2D eigenvalue weighted by Crippen LogP contribution is -2.37. The topological polar surface area (TPSA) is 34.1 Å². The molecule has 0 aliphatic carbocycles. The first-order valence-corrected chi connectivity index (χ1v) is 10.8. The van der Waals surface area contributed by atoms with Crippen LogP contribution in [0, 0.1) is 0 Å². The van der Waals surface area contributed by atoms with Crippen molar-refractivity contribution in [3.05, 3.63) is 53.7 Å². The van der Waals surface area contributed by atoms with E-state index in [4.69, 9.17) is 4.74 Å². The van der Waals surface area contributed by atoms with Gasteiger partial charge in [0.1, 0.15) is 0 Å². The number of nitrogens with one attached hydrogen (secondary N) is 1. The van der Waals surface area contributed by atoms with Crippen molar-refractivity contribution in [2.75, 3.05) is 7.11 Å². The normalized spacial score (nSPS) is 11.4. The maximum absolute atomic E-state index is 5.13. The van der Waals surface area contributed by atoms with E-state index in [1.54, 1.807) is 13.3 Å². The van der Waals surface area contributed by atoms with Crippen LogP contribution in [0.2, 0.25) is 19.6 Å². The van der Waals surface area contributed by atoms with Crippen molar-refractivity contribution < 1.29 is 4.74 Å². The van der Waals surface area contributed by atoms with Gasteiger partial charge < -0.3 is 10.1 Å². The van der Waals surface area contributed by atoms with Gasteiger partial charge in [-0.05, 0) is 17.2 Å². The highest BCUT2D eigenvalue weighted by Gasteiger charge is 2.15. The number of methoxy groups -OCH3 is 1. The zero-order chi connectivity index (χ0) is 15.3. The Morgan fingerprint density at radius 1 is 1.00 bits per heavy atom. The molecule has 1 N–H and O–H groups in total. The Morgan fingerprint density at radius 3 is 2.29 bits per heavy atom. The second-order valence-corrected chi connectivity index (χ2v) is 11.3. The van der Waals surface area contributed by atoms with Gasteiger partial charge in [0.15, 0.2) is 0 Å². The van der Waals surface area contributed by atoms with Crippen LogP contribution in [0.1, 0.15) is 11.1 Å². The second-order valence-electron chi connectivity index (χ2n) is 6.26. The molecule has 0 aliphatic rings. The summed E-state index contributed by atoms with van der Waals surface area (Å²) in [4.78, 5) is 4.11. The maximum atomic E-state index is 5.13. The molecule has 0 bridgehead atoms. The third-order valence-corrected chi connectivity index (χ3v) is 5.55. The van der Waals surface area contributed by atoms with Crippen molar-refractivity contribution in [3.63, 3.8) is 0 Å². The van der Waals surface area contributed by atoms with E-state index in [1.807, 2.05) is 12.1 Å². The van der Waals surface area contributed by atoms with E-state index >= 15 is 0 Å². The molecule has 0 aliphatic heterocycles. The van der Waals surface area contributed by atoms with Gasteiger partial charge in [0.25, 0.3) is 0 Å². The fourth-order valence-electron chi connectivity index (χ4n) is 2.15. The van der Waals surface area contributed by atoms with Crippen LogP contribution in [-0.2, 0) is 13.1 Å². The molecule has 0 saturated carbocycles. The summed E-state index contributed by atoms with van der Waals surface area (Å²) in [5.41, 5.74) is 2.50. The summed E-state index contributed by atoms with van der Waals surface area (Å²) in [7, 11) is 0.447. The molecule has 0 saturated heterocycles. The number of benzene rings is 1. The molecule has 2 rings (SSSR count). The molecule has 3 nitrogen and oxygen atoms in total. The van der Waals surface area contributed by atoms with Crippen molar-refractivity contribution in [1.82, 2.24) is 10.3 Å². The number of aromatic nitrogens is 1. The van der Waals surface area contributed by atoms with Gasteiger partial charge in [-0.15, -0.1) is 0 Å². The molecular weight excluding hydrogens is 276 g/mol. The number of pyridine rings is 1. The van der Waals surface area contributed by atoms with E-state index in [1.165, 1.54) is 16.3 Å². The van der Waals surface area contributed by atoms with E-state index in [-0.39, 0.29) is 0 Å². The Kier molecular flexibility index (Phi) is 5.15. The maximum Gasteiger partial charge on any atom is 0.213 e. The number of hydrogen-bond acceptors (Lipinski definition) is 3. The molecule has 1 heterocycles. The van der Waals surface area contributed by atoms with Crippen molar-refractivity contribution in [1.29, 1.82) is 0 Å². The van der Waals surface area contributed by atoms with Gasteiger partial charge in [-0.1, -0.05) is 49.1 Å². The van der Waals surface area contributed by atoms with Crippen LogP contribution in [0.3, 0.4) is 0 Å². The van der Waals surface area contributed by atoms with Gasteiger partial charge >= 0.3 is 0 Å². The van der Waals surface area contributed by atoms with Crippen molar-refractivity contribution >= 4 is 13.3 Å². The average Bonchev–Trinajstić information content (AvgIpc) is 2.47. The minimum atomic E-state index is -1.19. The van der Waals surface area contributed by atoms with Crippen molar-refractivity contribution in [2.24, 2.45) is 0 Å². The van der Waals surface area contributed by atoms with Gasteiger partial charge in [-0.2, -0.15) is 0 Å². The third-order valence-electron chi connectivity index (χ3n) is 3.49. The Morgan fingerprint density at radius 2 is 1.67 bits per heavy atom. The summed E-state index contributed by atoms with van der Waals surface area (Å²) in [5, 5.41) is 4.96. The molecule has 0 radical (unpaired) electrons.